The van der Waals surface area contributed by atoms with Gasteiger partial charge in [0, 0.05) is 0 Å². The van der Waals surface area contributed by atoms with Crippen LogP contribution in [0.3, 0.4) is 0 Å². The number of benzene rings is 1. The number of hydrogen-bond acceptors (Lipinski definition) is 2. The van der Waals surface area contributed by atoms with Crippen molar-refractivity contribution >= 4 is 0 Å². The predicted molar refractivity (Wildman–Crippen MR) is 39.9 cm³/mol. The van der Waals surface area contributed by atoms with Crippen molar-refractivity contribution in [1.82, 2.24) is 0 Å². The minimum Gasteiger partial charge on any atom is -0.297 e. The Labute approximate surface area is 81.4 Å². The Bertz CT molecular complexity index is 366. The van der Waals surface area contributed by atoms with Crippen LogP contribution in [0.2, 0.25) is 0 Å². The summed E-state index contributed by atoms with van der Waals surface area (Å²) in [5.74, 6) is -5.52. The van der Waals surface area contributed by atoms with E-state index in [1.807, 2.05) is 0 Å². The van der Waals surface area contributed by atoms with Gasteiger partial charge in [0.05, 0.1) is 5.56 Å². The van der Waals surface area contributed by atoms with Gasteiger partial charge in [0.15, 0.2) is 23.3 Å². The Hall–Kier alpha value is -1.21. The zero-order chi connectivity index (χ0) is 11.7. The van der Waals surface area contributed by atoms with E-state index >= 15 is 0 Å². The number of rotatable bonds is 2. The van der Waals surface area contributed by atoms with Crippen molar-refractivity contribution < 1.29 is 26.8 Å². The number of hydrogen-bond donors (Lipinski definition) is 1. The summed E-state index contributed by atoms with van der Waals surface area (Å²) in [7, 11) is 0. The standard InChI is InChI=1S/C8H6F5NO/c1-2(15-14)3-4(9)6(11)8(13)7(12)5(3)10/h2H,14H2,1H3. The highest BCUT2D eigenvalue weighted by Gasteiger charge is 2.28. The molecule has 15 heavy (non-hydrogen) atoms. The third kappa shape index (κ3) is 1.80. The molecule has 0 aliphatic heterocycles. The number of nitrogens with two attached hydrogens (primary N) is 1. The second kappa shape index (κ2) is 4.11. The maximum absolute atomic E-state index is 13.0. The molecule has 0 aliphatic carbocycles. The van der Waals surface area contributed by atoms with Crippen molar-refractivity contribution in [3.05, 3.63) is 34.6 Å². The summed E-state index contributed by atoms with van der Waals surface area (Å²) < 4.78 is 63.8. The minimum absolute atomic E-state index is 1.05. The summed E-state index contributed by atoms with van der Waals surface area (Å²) in [5.41, 5.74) is -1.09. The first-order valence-electron chi connectivity index (χ1n) is 3.78. The van der Waals surface area contributed by atoms with Crippen LogP contribution in [-0.4, -0.2) is 0 Å². The van der Waals surface area contributed by atoms with Crippen molar-refractivity contribution in [1.29, 1.82) is 0 Å². The van der Waals surface area contributed by atoms with Crippen LogP contribution in [0.1, 0.15) is 18.6 Å². The molecule has 2 N–H and O–H groups in total. The van der Waals surface area contributed by atoms with E-state index in [9.17, 15) is 22.0 Å². The fourth-order valence-electron chi connectivity index (χ4n) is 1.05. The molecule has 0 fully saturated rings. The van der Waals surface area contributed by atoms with E-state index in [1.165, 1.54) is 0 Å². The van der Waals surface area contributed by atoms with E-state index in [1.54, 1.807) is 0 Å². The smallest absolute Gasteiger partial charge is 0.200 e. The van der Waals surface area contributed by atoms with Gasteiger partial charge in [-0.3, -0.25) is 4.84 Å². The highest BCUT2D eigenvalue weighted by molar-refractivity contribution is 5.25. The first kappa shape index (κ1) is 11.9. The van der Waals surface area contributed by atoms with Gasteiger partial charge in [-0.25, -0.2) is 27.8 Å². The Kier molecular flexibility index (Phi) is 3.25. The maximum Gasteiger partial charge on any atom is 0.200 e. The van der Waals surface area contributed by atoms with Crippen LogP contribution in [0.4, 0.5) is 22.0 Å². The third-order valence-corrected chi connectivity index (χ3v) is 1.85. The Morgan fingerprint density at radius 3 is 1.53 bits per heavy atom. The maximum atomic E-state index is 13.0. The lowest BCUT2D eigenvalue weighted by molar-refractivity contribution is 0.0595. The molecule has 0 amide bonds. The zero-order valence-electron chi connectivity index (χ0n) is 7.45. The molecule has 0 heterocycles. The molecule has 1 aromatic rings. The highest BCUT2D eigenvalue weighted by atomic mass is 19.2. The molecule has 0 radical (unpaired) electrons. The largest absolute Gasteiger partial charge is 0.297 e. The van der Waals surface area contributed by atoms with Gasteiger partial charge in [-0.05, 0) is 6.92 Å². The van der Waals surface area contributed by atoms with E-state index in [2.05, 4.69) is 10.7 Å². The van der Waals surface area contributed by atoms with Gasteiger partial charge in [-0.2, -0.15) is 0 Å². The average Bonchev–Trinajstić information content (AvgIpc) is 2.23. The van der Waals surface area contributed by atoms with Crippen LogP contribution in [0, 0.1) is 29.1 Å². The quantitative estimate of drug-likeness (QED) is 0.364. The minimum atomic E-state index is -2.21. The molecule has 1 rings (SSSR count). The fraction of sp³-hybridized carbons (Fsp3) is 0.250. The van der Waals surface area contributed by atoms with Crippen LogP contribution in [0.25, 0.3) is 0 Å². The average molecular weight is 227 g/mol. The van der Waals surface area contributed by atoms with Gasteiger partial charge in [-0.1, -0.05) is 0 Å². The molecule has 0 saturated heterocycles. The molecule has 0 aliphatic rings. The van der Waals surface area contributed by atoms with Gasteiger partial charge in [0.2, 0.25) is 5.82 Å². The first-order valence-corrected chi connectivity index (χ1v) is 3.78. The molecule has 0 spiro atoms. The van der Waals surface area contributed by atoms with Gasteiger partial charge in [0.25, 0.3) is 0 Å². The molecule has 1 atom stereocenters. The van der Waals surface area contributed by atoms with Crippen LogP contribution < -0.4 is 5.90 Å². The molecular formula is C8H6F5NO. The Morgan fingerprint density at radius 1 is 0.867 bits per heavy atom. The molecule has 0 saturated carbocycles. The SMILES string of the molecule is CC(ON)c1c(F)c(F)c(F)c(F)c1F. The van der Waals surface area contributed by atoms with Crippen molar-refractivity contribution in [2.45, 2.75) is 13.0 Å². The lowest BCUT2D eigenvalue weighted by Crippen LogP contribution is -2.14. The first-order chi connectivity index (χ1) is 6.91. The highest BCUT2D eigenvalue weighted by Crippen LogP contribution is 2.28. The fourth-order valence-corrected chi connectivity index (χ4v) is 1.05. The van der Waals surface area contributed by atoms with E-state index in [4.69, 9.17) is 0 Å². The molecule has 1 aromatic carbocycles. The second-order valence-electron chi connectivity index (χ2n) is 2.76. The van der Waals surface area contributed by atoms with Gasteiger partial charge in [0.1, 0.15) is 6.10 Å². The third-order valence-electron chi connectivity index (χ3n) is 1.85. The summed E-state index contributed by atoms with van der Waals surface area (Å²) in [6.07, 6.45) is -1.44. The van der Waals surface area contributed by atoms with Crippen LogP contribution >= 0.6 is 0 Å². The van der Waals surface area contributed by atoms with E-state index in [-0.39, 0.29) is 0 Å². The summed E-state index contributed by atoms with van der Waals surface area (Å²) in [5, 5.41) is 0. The van der Waals surface area contributed by atoms with E-state index < -0.39 is 40.8 Å². The summed E-state index contributed by atoms with van der Waals surface area (Å²) in [6.45, 7) is 1.05. The zero-order valence-corrected chi connectivity index (χ0v) is 7.45. The van der Waals surface area contributed by atoms with Crippen LogP contribution in [-0.2, 0) is 4.84 Å². The molecule has 84 valence electrons. The lowest BCUT2D eigenvalue weighted by atomic mass is 10.1. The number of halogens is 5. The van der Waals surface area contributed by atoms with Gasteiger partial charge in [-0.15, -0.1) is 0 Å². The molecular weight excluding hydrogens is 221 g/mol. The van der Waals surface area contributed by atoms with E-state index in [0.29, 0.717) is 0 Å². The van der Waals surface area contributed by atoms with Crippen molar-refractivity contribution in [2.75, 3.05) is 0 Å². The van der Waals surface area contributed by atoms with Crippen molar-refractivity contribution in [2.24, 2.45) is 5.90 Å². The summed E-state index contributed by atoms with van der Waals surface area (Å²) in [6, 6.07) is 0. The second-order valence-corrected chi connectivity index (χ2v) is 2.76. The molecule has 2 nitrogen and oxygen atoms in total. The van der Waals surface area contributed by atoms with Crippen molar-refractivity contribution in [3.63, 3.8) is 0 Å². The molecule has 1 unspecified atom stereocenters. The Morgan fingerprint density at radius 2 is 1.20 bits per heavy atom. The van der Waals surface area contributed by atoms with Crippen LogP contribution in [0.15, 0.2) is 0 Å². The lowest BCUT2D eigenvalue weighted by Gasteiger charge is -2.12. The van der Waals surface area contributed by atoms with Gasteiger partial charge < -0.3 is 0 Å². The predicted octanol–water partition coefficient (Wildman–Crippen LogP) is 2.33. The topological polar surface area (TPSA) is 35.2 Å². The Balaban J connectivity index is 3.52. The normalized spacial score (nSPS) is 13.0. The molecule has 0 aromatic heterocycles. The molecule has 7 heteroatoms. The molecule has 0 bridgehead atoms. The monoisotopic (exact) mass is 227 g/mol. The van der Waals surface area contributed by atoms with Gasteiger partial charge >= 0.3 is 0 Å². The summed E-state index contributed by atoms with van der Waals surface area (Å²) in [4.78, 5) is 4.01. The van der Waals surface area contributed by atoms with Crippen molar-refractivity contribution in [3.8, 4) is 0 Å². The summed E-state index contributed by atoms with van der Waals surface area (Å²) >= 11 is 0. The van der Waals surface area contributed by atoms with Crippen LogP contribution in [0.5, 0.6) is 0 Å². The van der Waals surface area contributed by atoms with E-state index in [0.717, 1.165) is 6.92 Å².